The number of sulfonamides is 1. The fourth-order valence-corrected chi connectivity index (χ4v) is 3.93. The van der Waals surface area contributed by atoms with Gasteiger partial charge in [-0.15, -0.1) is 0 Å². The van der Waals surface area contributed by atoms with Crippen LogP contribution in [0, 0.1) is 13.8 Å². The number of primary sulfonamides is 1. The third-order valence-electron chi connectivity index (χ3n) is 4.54. The molecule has 8 heteroatoms. The molecule has 0 fully saturated rings. The van der Waals surface area contributed by atoms with Gasteiger partial charge in [-0.25, -0.2) is 13.6 Å². The summed E-state index contributed by atoms with van der Waals surface area (Å²) in [6, 6.07) is 3.02. The number of H-pyrrole nitrogens is 1. The van der Waals surface area contributed by atoms with E-state index in [4.69, 9.17) is 5.14 Å². The Morgan fingerprint density at radius 3 is 2.83 bits per heavy atom. The van der Waals surface area contributed by atoms with Gasteiger partial charge < -0.3 is 5.32 Å². The lowest BCUT2D eigenvalue weighted by molar-refractivity contribution is 0.0933. The van der Waals surface area contributed by atoms with Crippen LogP contribution >= 0.6 is 0 Å². The number of rotatable bonds is 3. The lowest BCUT2D eigenvalue weighted by Gasteiger charge is -2.23. The minimum atomic E-state index is -3.87. The smallest absolute Gasteiger partial charge is 0.251 e. The van der Waals surface area contributed by atoms with E-state index in [1.165, 1.54) is 11.6 Å². The Morgan fingerprint density at radius 2 is 2.12 bits per heavy atom. The van der Waals surface area contributed by atoms with Gasteiger partial charge in [-0.1, -0.05) is 0 Å². The number of aromatic amines is 1. The average molecular weight is 348 g/mol. The molecule has 0 spiro atoms. The molecule has 0 saturated carbocycles. The van der Waals surface area contributed by atoms with E-state index in [9.17, 15) is 13.2 Å². The molecule has 1 aliphatic carbocycles. The van der Waals surface area contributed by atoms with Crippen molar-refractivity contribution in [1.82, 2.24) is 15.5 Å². The molecule has 0 aliphatic heterocycles. The Bertz CT molecular complexity index is 902. The Labute approximate surface area is 140 Å². The van der Waals surface area contributed by atoms with Crippen molar-refractivity contribution in [3.63, 3.8) is 0 Å². The fraction of sp³-hybridized carbons (Fsp3) is 0.375. The number of nitrogens with one attached hydrogen (secondary N) is 2. The monoisotopic (exact) mass is 348 g/mol. The van der Waals surface area contributed by atoms with E-state index in [1.807, 2.05) is 6.20 Å². The van der Waals surface area contributed by atoms with Gasteiger partial charge in [0.2, 0.25) is 10.0 Å². The highest BCUT2D eigenvalue weighted by molar-refractivity contribution is 7.89. The van der Waals surface area contributed by atoms with Gasteiger partial charge in [0.1, 0.15) is 0 Å². The maximum absolute atomic E-state index is 12.5. The van der Waals surface area contributed by atoms with Crippen molar-refractivity contribution in [2.75, 3.05) is 0 Å². The third-order valence-corrected chi connectivity index (χ3v) is 5.58. The second-order valence-electron chi connectivity index (χ2n) is 6.25. The van der Waals surface area contributed by atoms with Gasteiger partial charge in [0.05, 0.1) is 11.1 Å². The summed E-state index contributed by atoms with van der Waals surface area (Å²) in [5, 5.41) is 15.2. The first-order valence-corrected chi connectivity index (χ1v) is 9.26. The SMILES string of the molecule is Cc1cc(C(=O)N[C@@H]2CCc3cn[nH]c3C2)cc(S(N)(=O)=O)c1C. The van der Waals surface area contributed by atoms with Crippen LogP contribution in [0.25, 0.3) is 0 Å². The molecule has 0 saturated heterocycles. The Morgan fingerprint density at radius 1 is 1.38 bits per heavy atom. The zero-order valence-corrected chi connectivity index (χ0v) is 14.4. The number of nitrogens with two attached hydrogens (primary N) is 1. The predicted octanol–water partition coefficient (Wildman–Crippen LogP) is 0.961. The number of nitrogens with zero attached hydrogens (tertiary/aromatic N) is 1. The molecule has 1 aromatic heterocycles. The summed E-state index contributed by atoms with van der Waals surface area (Å²) in [5.41, 5.74) is 3.80. The molecule has 24 heavy (non-hydrogen) atoms. The summed E-state index contributed by atoms with van der Waals surface area (Å²) in [4.78, 5) is 12.5. The molecule has 7 nitrogen and oxygen atoms in total. The van der Waals surface area contributed by atoms with Crippen molar-refractivity contribution in [2.24, 2.45) is 5.14 Å². The Balaban J connectivity index is 1.82. The molecule has 0 radical (unpaired) electrons. The molecule has 1 atom stereocenters. The minimum absolute atomic E-state index is 0.00727. The van der Waals surface area contributed by atoms with Crippen LogP contribution in [0.3, 0.4) is 0 Å². The van der Waals surface area contributed by atoms with E-state index in [1.54, 1.807) is 19.9 Å². The molecular weight excluding hydrogens is 328 g/mol. The van der Waals surface area contributed by atoms with E-state index in [-0.39, 0.29) is 16.8 Å². The normalized spacial score (nSPS) is 17.4. The van der Waals surface area contributed by atoms with Gasteiger partial charge in [0.25, 0.3) is 5.91 Å². The van der Waals surface area contributed by atoms with Crippen molar-refractivity contribution in [2.45, 2.75) is 44.0 Å². The van der Waals surface area contributed by atoms with Crippen molar-refractivity contribution in [3.05, 3.63) is 46.3 Å². The highest BCUT2D eigenvalue weighted by atomic mass is 32.2. The van der Waals surface area contributed by atoms with Gasteiger partial charge in [0, 0.05) is 23.7 Å². The zero-order chi connectivity index (χ0) is 17.5. The van der Waals surface area contributed by atoms with Gasteiger partial charge in [-0.05, 0) is 55.5 Å². The second-order valence-corrected chi connectivity index (χ2v) is 7.78. The molecular formula is C16H20N4O3S. The van der Waals surface area contributed by atoms with Crippen LogP contribution in [-0.2, 0) is 22.9 Å². The van der Waals surface area contributed by atoms with E-state index in [2.05, 4.69) is 15.5 Å². The topological polar surface area (TPSA) is 118 Å². The number of benzene rings is 1. The summed E-state index contributed by atoms with van der Waals surface area (Å²) < 4.78 is 23.4. The first kappa shape index (κ1) is 16.7. The molecule has 3 rings (SSSR count). The van der Waals surface area contributed by atoms with Gasteiger partial charge in [-0.2, -0.15) is 5.10 Å². The lowest BCUT2D eigenvalue weighted by atomic mass is 9.93. The van der Waals surface area contributed by atoms with Gasteiger partial charge >= 0.3 is 0 Å². The minimum Gasteiger partial charge on any atom is -0.349 e. The predicted molar refractivity (Wildman–Crippen MR) is 89.2 cm³/mol. The first-order valence-electron chi connectivity index (χ1n) is 7.71. The molecule has 1 aliphatic rings. The second kappa shape index (κ2) is 6.03. The number of carbonyl (C=O) groups excluding carboxylic acids is 1. The van der Waals surface area contributed by atoms with Crippen molar-refractivity contribution in [1.29, 1.82) is 0 Å². The van der Waals surface area contributed by atoms with Crippen LogP contribution in [-0.4, -0.2) is 30.6 Å². The fourth-order valence-electron chi connectivity index (χ4n) is 3.05. The molecule has 4 N–H and O–H groups in total. The van der Waals surface area contributed by atoms with Crippen molar-refractivity contribution in [3.8, 4) is 0 Å². The van der Waals surface area contributed by atoms with Crippen LogP contribution < -0.4 is 10.5 Å². The zero-order valence-electron chi connectivity index (χ0n) is 13.6. The number of hydrogen-bond acceptors (Lipinski definition) is 4. The van der Waals surface area contributed by atoms with Crippen LogP contribution in [0.4, 0.5) is 0 Å². The molecule has 0 bridgehead atoms. The number of aromatic nitrogens is 2. The summed E-state index contributed by atoms with van der Waals surface area (Å²) in [6.07, 6.45) is 4.18. The third kappa shape index (κ3) is 3.20. The molecule has 0 unspecified atom stereocenters. The quantitative estimate of drug-likeness (QED) is 0.765. The van der Waals surface area contributed by atoms with Crippen LogP contribution in [0.5, 0.6) is 0 Å². The molecule has 128 valence electrons. The standard InChI is InChI=1S/C16H20N4O3S/c1-9-5-12(6-15(10(9)2)24(17,22)23)16(21)19-13-4-3-11-8-18-20-14(11)7-13/h5-6,8,13H,3-4,7H2,1-2H3,(H,18,20)(H,19,21)(H2,17,22,23)/t13-/m1/s1. The number of amides is 1. The Hall–Kier alpha value is -2.19. The van der Waals surface area contributed by atoms with Crippen molar-refractivity contribution >= 4 is 15.9 Å². The van der Waals surface area contributed by atoms with Gasteiger partial charge in [-0.3, -0.25) is 9.89 Å². The lowest BCUT2D eigenvalue weighted by Crippen LogP contribution is -2.39. The number of aryl methyl sites for hydroxylation is 2. The average Bonchev–Trinajstić information content (AvgIpc) is 2.96. The molecule has 1 amide bonds. The van der Waals surface area contributed by atoms with E-state index < -0.39 is 10.0 Å². The maximum atomic E-state index is 12.5. The largest absolute Gasteiger partial charge is 0.349 e. The molecule has 2 aromatic rings. The first-order chi connectivity index (χ1) is 11.3. The van der Waals surface area contributed by atoms with E-state index >= 15 is 0 Å². The van der Waals surface area contributed by atoms with Gasteiger partial charge in [0.15, 0.2) is 0 Å². The highest BCUT2D eigenvalue weighted by Crippen LogP contribution is 2.22. The summed E-state index contributed by atoms with van der Waals surface area (Å²) in [7, 11) is -3.87. The van der Waals surface area contributed by atoms with Crippen LogP contribution in [0.1, 0.15) is 39.2 Å². The van der Waals surface area contributed by atoms with Crippen molar-refractivity contribution < 1.29 is 13.2 Å². The van der Waals surface area contributed by atoms with E-state index in [0.717, 1.165) is 18.5 Å². The summed E-state index contributed by atoms with van der Waals surface area (Å²) in [6.45, 7) is 3.44. The molecule has 1 heterocycles. The Kier molecular flexibility index (Phi) is 4.18. The summed E-state index contributed by atoms with van der Waals surface area (Å²) in [5.74, 6) is -0.295. The number of fused-ring (bicyclic) bond motifs is 1. The highest BCUT2D eigenvalue weighted by Gasteiger charge is 2.23. The maximum Gasteiger partial charge on any atom is 0.251 e. The van der Waals surface area contributed by atoms with E-state index in [0.29, 0.717) is 23.1 Å². The number of carbonyl (C=O) groups is 1. The molecule has 1 aromatic carbocycles. The summed E-state index contributed by atoms with van der Waals surface area (Å²) >= 11 is 0. The van der Waals surface area contributed by atoms with Crippen LogP contribution in [0.2, 0.25) is 0 Å². The number of hydrogen-bond donors (Lipinski definition) is 3. The van der Waals surface area contributed by atoms with Crippen LogP contribution in [0.15, 0.2) is 23.2 Å².